The van der Waals surface area contributed by atoms with Crippen molar-refractivity contribution in [2.75, 3.05) is 4.72 Å². The Morgan fingerprint density at radius 3 is 2.37 bits per heavy atom. The van der Waals surface area contributed by atoms with Crippen molar-refractivity contribution in [2.24, 2.45) is 0 Å². The summed E-state index contributed by atoms with van der Waals surface area (Å²) in [5.41, 5.74) is 1.17. The Bertz CT molecular complexity index is 699. The lowest BCUT2D eigenvalue weighted by Crippen LogP contribution is -2.13. The van der Waals surface area contributed by atoms with Crippen molar-refractivity contribution >= 4 is 27.3 Å². The van der Waals surface area contributed by atoms with Crippen molar-refractivity contribution in [2.45, 2.75) is 11.8 Å². The molecule has 0 aliphatic rings. The molecule has 0 unspecified atom stereocenters. The molecule has 2 rings (SSSR count). The van der Waals surface area contributed by atoms with E-state index in [1.165, 1.54) is 12.1 Å². The van der Waals surface area contributed by atoms with E-state index in [-0.39, 0.29) is 4.90 Å². The lowest BCUT2D eigenvalue weighted by atomic mass is 10.2. The van der Waals surface area contributed by atoms with Gasteiger partial charge in [0.25, 0.3) is 10.0 Å². The summed E-state index contributed by atoms with van der Waals surface area (Å²) in [6.45, 7) is 1.83. The molecular weight excluding hydrogens is 289 g/mol. The van der Waals surface area contributed by atoms with E-state index in [4.69, 9.17) is 11.6 Å². The summed E-state index contributed by atoms with van der Waals surface area (Å²) in [4.78, 5) is -0.0218. The van der Waals surface area contributed by atoms with Crippen molar-refractivity contribution in [3.05, 3.63) is 58.9 Å². The Balaban J connectivity index is 2.36. The number of nitrogens with one attached hydrogen (secondary N) is 1. The third-order valence-corrected chi connectivity index (χ3v) is 4.20. The molecule has 0 bridgehead atoms. The summed E-state index contributed by atoms with van der Waals surface area (Å²) in [7, 11) is -3.77. The van der Waals surface area contributed by atoms with Crippen molar-refractivity contribution < 1.29 is 12.8 Å². The molecule has 0 radical (unpaired) electrons. The van der Waals surface area contributed by atoms with Crippen LogP contribution in [0.15, 0.2) is 47.4 Å². The fourth-order valence-electron chi connectivity index (χ4n) is 1.53. The highest BCUT2D eigenvalue weighted by Crippen LogP contribution is 2.25. The van der Waals surface area contributed by atoms with E-state index in [1.807, 2.05) is 6.92 Å². The molecule has 19 heavy (non-hydrogen) atoms. The molecule has 0 aliphatic carbocycles. The van der Waals surface area contributed by atoms with E-state index in [0.29, 0.717) is 10.7 Å². The second-order valence-electron chi connectivity index (χ2n) is 4.04. The zero-order valence-electron chi connectivity index (χ0n) is 10.0. The van der Waals surface area contributed by atoms with Crippen LogP contribution in [0.1, 0.15) is 5.56 Å². The fourth-order valence-corrected chi connectivity index (χ4v) is 2.83. The Labute approximate surface area is 116 Å². The zero-order chi connectivity index (χ0) is 14.0. The first-order valence-electron chi connectivity index (χ1n) is 5.43. The molecule has 0 aromatic heterocycles. The summed E-state index contributed by atoms with van der Waals surface area (Å²) in [5.74, 6) is -0.493. The Kier molecular flexibility index (Phi) is 3.78. The first-order valence-corrected chi connectivity index (χ1v) is 7.29. The maximum atomic E-state index is 12.8. The molecule has 2 aromatic rings. The number of benzene rings is 2. The van der Waals surface area contributed by atoms with Gasteiger partial charge in [0.05, 0.1) is 15.6 Å². The number of rotatable bonds is 3. The zero-order valence-corrected chi connectivity index (χ0v) is 11.6. The van der Waals surface area contributed by atoms with Crippen LogP contribution < -0.4 is 4.72 Å². The van der Waals surface area contributed by atoms with Gasteiger partial charge in [0.15, 0.2) is 0 Å². The second-order valence-corrected chi connectivity index (χ2v) is 6.13. The molecule has 0 heterocycles. The normalized spacial score (nSPS) is 11.3. The predicted molar refractivity (Wildman–Crippen MR) is 73.4 cm³/mol. The van der Waals surface area contributed by atoms with Crippen LogP contribution in [0.5, 0.6) is 0 Å². The highest BCUT2D eigenvalue weighted by Gasteiger charge is 2.15. The van der Waals surface area contributed by atoms with Gasteiger partial charge in [0, 0.05) is 0 Å². The first-order chi connectivity index (χ1) is 8.88. The smallest absolute Gasteiger partial charge is 0.261 e. The van der Waals surface area contributed by atoms with Gasteiger partial charge in [0.1, 0.15) is 5.82 Å². The summed E-state index contributed by atoms with van der Waals surface area (Å²) in [6.07, 6.45) is 0. The molecule has 0 saturated carbocycles. The van der Waals surface area contributed by atoms with Crippen molar-refractivity contribution in [3.8, 4) is 0 Å². The van der Waals surface area contributed by atoms with E-state index in [0.717, 1.165) is 17.7 Å². The molecule has 1 N–H and O–H groups in total. The van der Waals surface area contributed by atoms with Crippen LogP contribution in [0.25, 0.3) is 0 Å². The summed E-state index contributed by atoms with van der Waals surface area (Å²) >= 11 is 5.93. The summed E-state index contributed by atoms with van der Waals surface area (Å²) in [6, 6.07) is 9.59. The van der Waals surface area contributed by atoms with Crippen LogP contribution in [0, 0.1) is 12.7 Å². The number of halogens is 2. The molecule has 100 valence electrons. The van der Waals surface area contributed by atoms with Crippen LogP contribution in [0.3, 0.4) is 0 Å². The number of hydrogen-bond donors (Lipinski definition) is 1. The van der Waals surface area contributed by atoms with Crippen LogP contribution in [-0.4, -0.2) is 8.42 Å². The molecule has 0 fully saturated rings. The lowest BCUT2D eigenvalue weighted by molar-refractivity contribution is 0.599. The third-order valence-electron chi connectivity index (χ3n) is 2.49. The average molecular weight is 300 g/mol. The Morgan fingerprint density at radius 2 is 1.74 bits per heavy atom. The number of aryl methyl sites for hydroxylation is 1. The van der Waals surface area contributed by atoms with Crippen LogP contribution in [0.2, 0.25) is 5.02 Å². The quantitative estimate of drug-likeness (QED) is 0.941. The Hall–Kier alpha value is -1.59. The van der Waals surface area contributed by atoms with Gasteiger partial charge in [-0.1, -0.05) is 17.7 Å². The minimum atomic E-state index is -3.77. The van der Waals surface area contributed by atoms with Gasteiger partial charge in [-0.25, -0.2) is 12.8 Å². The minimum Gasteiger partial charge on any atom is -0.278 e. The van der Waals surface area contributed by atoms with E-state index < -0.39 is 15.8 Å². The first kappa shape index (κ1) is 13.8. The van der Waals surface area contributed by atoms with E-state index in [9.17, 15) is 12.8 Å². The average Bonchev–Trinajstić information content (AvgIpc) is 2.34. The molecule has 2 aromatic carbocycles. The molecule has 0 saturated heterocycles. The van der Waals surface area contributed by atoms with Crippen molar-refractivity contribution in [1.29, 1.82) is 0 Å². The molecular formula is C13H11ClFNO2S. The molecule has 0 spiro atoms. The van der Waals surface area contributed by atoms with Gasteiger partial charge in [-0.3, -0.25) is 4.72 Å². The van der Waals surface area contributed by atoms with Crippen molar-refractivity contribution in [1.82, 2.24) is 0 Å². The number of hydrogen-bond acceptors (Lipinski definition) is 2. The monoisotopic (exact) mass is 299 g/mol. The standard InChI is InChI=1S/C13H11ClFNO2S/c1-9-2-7-12(14)13(8-9)16-19(17,18)11-5-3-10(15)4-6-11/h2-8,16H,1H3. The highest BCUT2D eigenvalue weighted by atomic mass is 35.5. The van der Waals surface area contributed by atoms with E-state index in [2.05, 4.69) is 4.72 Å². The summed E-state index contributed by atoms with van der Waals surface area (Å²) < 4.78 is 39.3. The third kappa shape index (κ3) is 3.24. The maximum absolute atomic E-state index is 12.8. The molecule has 3 nitrogen and oxygen atoms in total. The topological polar surface area (TPSA) is 46.2 Å². The van der Waals surface area contributed by atoms with Gasteiger partial charge < -0.3 is 0 Å². The van der Waals surface area contributed by atoms with Crippen molar-refractivity contribution in [3.63, 3.8) is 0 Å². The fraction of sp³-hybridized carbons (Fsp3) is 0.0769. The van der Waals surface area contributed by atoms with Gasteiger partial charge in [0.2, 0.25) is 0 Å². The second kappa shape index (κ2) is 5.19. The van der Waals surface area contributed by atoms with Gasteiger partial charge in [-0.05, 0) is 48.9 Å². The van der Waals surface area contributed by atoms with Crippen LogP contribution in [0.4, 0.5) is 10.1 Å². The summed E-state index contributed by atoms with van der Waals surface area (Å²) in [5, 5.41) is 0.302. The Morgan fingerprint density at radius 1 is 1.11 bits per heavy atom. The maximum Gasteiger partial charge on any atom is 0.261 e. The minimum absolute atomic E-state index is 0.0218. The largest absolute Gasteiger partial charge is 0.278 e. The molecule has 0 aliphatic heterocycles. The highest BCUT2D eigenvalue weighted by molar-refractivity contribution is 7.92. The van der Waals surface area contributed by atoms with Gasteiger partial charge in [-0.2, -0.15) is 0 Å². The lowest BCUT2D eigenvalue weighted by Gasteiger charge is -2.10. The predicted octanol–water partition coefficient (Wildman–Crippen LogP) is 3.59. The van der Waals surface area contributed by atoms with Gasteiger partial charge in [-0.15, -0.1) is 0 Å². The molecule has 0 amide bonds. The number of sulfonamides is 1. The SMILES string of the molecule is Cc1ccc(Cl)c(NS(=O)(=O)c2ccc(F)cc2)c1. The molecule has 0 atom stereocenters. The van der Waals surface area contributed by atoms with Crippen LogP contribution >= 0.6 is 11.6 Å². The molecule has 6 heteroatoms. The number of anilines is 1. The van der Waals surface area contributed by atoms with Gasteiger partial charge >= 0.3 is 0 Å². The van der Waals surface area contributed by atoms with E-state index in [1.54, 1.807) is 18.2 Å². The van der Waals surface area contributed by atoms with E-state index >= 15 is 0 Å². The van der Waals surface area contributed by atoms with Crippen LogP contribution in [-0.2, 0) is 10.0 Å².